The van der Waals surface area contributed by atoms with Gasteiger partial charge in [-0.3, -0.25) is 14.4 Å². The van der Waals surface area contributed by atoms with Crippen LogP contribution in [0.1, 0.15) is 45.6 Å². The van der Waals surface area contributed by atoms with Gasteiger partial charge in [-0.05, 0) is 45.2 Å². The molecule has 1 atom stereocenters. The van der Waals surface area contributed by atoms with Crippen molar-refractivity contribution in [3.63, 3.8) is 0 Å². The van der Waals surface area contributed by atoms with Gasteiger partial charge in [0.1, 0.15) is 0 Å². The molecular weight excluding hydrogens is 390 g/mol. The number of halogens is 1. The topological polar surface area (TPSA) is 69.7 Å². The molecule has 29 heavy (non-hydrogen) atoms. The van der Waals surface area contributed by atoms with Crippen LogP contribution < -0.4 is 5.32 Å². The zero-order chi connectivity index (χ0) is 21.2. The van der Waals surface area contributed by atoms with E-state index in [0.29, 0.717) is 44.0 Å². The van der Waals surface area contributed by atoms with Crippen LogP contribution in [0, 0.1) is 11.8 Å². The van der Waals surface area contributed by atoms with E-state index in [0.717, 1.165) is 5.56 Å². The molecule has 7 heteroatoms. The van der Waals surface area contributed by atoms with Crippen molar-refractivity contribution < 1.29 is 14.4 Å². The third-order valence-corrected chi connectivity index (χ3v) is 6.24. The van der Waals surface area contributed by atoms with Crippen LogP contribution in [0.3, 0.4) is 0 Å². The molecule has 2 heterocycles. The highest BCUT2D eigenvalue weighted by atomic mass is 35.5. The monoisotopic (exact) mass is 419 g/mol. The lowest BCUT2D eigenvalue weighted by Crippen LogP contribution is -2.46. The van der Waals surface area contributed by atoms with Gasteiger partial charge in [0.15, 0.2) is 0 Å². The fourth-order valence-electron chi connectivity index (χ4n) is 4.11. The Hall–Kier alpha value is -2.08. The summed E-state index contributed by atoms with van der Waals surface area (Å²) in [6, 6.07) is 7.46. The number of hydrogen-bond acceptors (Lipinski definition) is 3. The Bertz CT molecular complexity index is 782. The van der Waals surface area contributed by atoms with Crippen molar-refractivity contribution >= 4 is 29.3 Å². The van der Waals surface area contributed by atoms with E-state index in [4.69, 9.17) is 11.6 Å². The van der Waals surface area contributed by atoms with Gasteiger partial charge in [-0.2, -0.15) is 0 Å². The molecule has 2 saturated heterocycles. The van der Waals surface area contributed by atoms with Crippen LogP contribution in [0.2, 0.25) is 5.02 Å². The Morgan fingerprint density at radius 3 is 2.38 bits per heavy atom. The SMILES string of the molecule is CC(C)(C)N1CC(C(=O)N2CCC(C(=O)NCc3ccccc3Cl)CC2)CC1=O. The van der Waals surface area contributed by atoms with E-state index in [2.05, 4.69) is 5.32 Å². The van der Waals surface area contributed by atoms with Crippen LogP contribution in [-0.2, 0) is 20.9 Å². The van der Waals surface area contributed by atoms with Gasteiger partial charge in [-0.1, -0.05) is 29.8 Å². The molecule has 0 saturated carbocycles. The second-order valence-electron chi connectivity index (χ2n) is 8.98. The molecule has 158 valence electrons. The van der Waals surface area contributed by atoms with Crippen molar-refractivity contribution in [3.8, 4) is 0 Å². The number of benzene rings is 1. The number of carbonyl (C=O) groups excluding carboxylic acids is 3. The van der Waals surface area contributed by atoms with E-state index in [1.165, 1.54) is 0 Å². The summed E-state index contributed by atoms with van der Waals surface area (Å²) in [6.07, 6.45) is 1.57. The number of rotatable bonds is 4. The molecule has 1 aromatic rings. The van der Waals surface area contributed by atoms with E-state index in [1.54, 1.807) is 4.90 Å². The van der Waals surface area contributed by atoms with Gasteiger partial charge in [0, 0.05) is 49.1 Å². The fraction of sp³-hybridized carbons (Fsp3) is 0.591. The quantitative estimate of drug-likeness (QED) is 0.815. The summed E-state index contributed by atoms with van der Waals surface area (Å²) in [4.78, 5) is 41.3. The van der Waals surface area contributed by atoms with Crippen molar-refractivity contribution in [3.05, 3.63) is 34.9 Å². The number of likely N-dealkylation sites (tertiary alicyclic amines) is 2. The maximum Gasteiger partial charge on any atom is 0.227 e. The standard InChI is InChI=1S/C22H30ClN3O3/c1-22(2,3)26-14-17(12-19(26)27)21(29)25-10-8-15(9-11-25)20(28)24-13-16-6-4-5-7-18(16)23/h4-7,15,17H,8-14H2,1-3H3,(H,24,28). The minimum atomic E-state index is -0.271. The average molecular weight is 420 g/mol. The van der Waals surface area contributed by atoms with Crippen LogP contribution in [0.25, 0.3) is 0 Å². The van der Waals surface area contributed by atoms with Gasteiger partial charge in [-0.25, -0.2) is 0 Å². The summed E-state index contributed by atoms with van der Waals surface area (Å²) in [6.45, 7) is 7.98. The molecule has 0 radical (unpaired) electrons. The Morgan fingerprint density at radius 2 is 1.79 bits per heavy atom. The van der Waals surface area contributed by atoms with Gasteiger partial charge < -0.3 is 15.1 Å². The van der Waals surface area contributed by atoms with Gasteiger partial charge in [0.05, 0.1) is 5.92 Å². The van der Waals surface area contributed by atoms with Crippen molar-refractivity contribution in [1.82, 2.24) is 15.1 Å². The van der Waals surface area contributed by atoms with Crippen molar-refractivity contribution in [2.75, 3.05) is 19.6 Å². The molecule has 6 nitrogen and oxygen atoms in total. The highest BCUT2D eigenvalue weighted by Gasteiger charge is 2.41. The van der Waals surface area contributed by atoms with Gasteiger partial charge in [0.2, 0.25) is 17.7 Å². The maximum absolute atomic E-state index is 12.9. The molecule has 1 unspecified atom stereocenters. The average Bonchev–Trinajstić information content (AvgIpc) is 3.09. The van der Waals surface area contributed by atoms with Crippen LogP contribution >= 0.6 is 11.6 Å². The Labute approximate surface area is 177 Å². The second-order valence-corrected chi connectivity index (χ2v) is 9.39. The van der Waals surface area contributed by atoms with E-state index < -0.39 is 0 Å². The molecule has 2 aliphatic heterocycles. The molecule has 2 aliphatic rings. The first kappa shape index (κ1) is 21.6. The lowest BCUT2D eigenvalue weighted by Gasteiger charge is -2.34. The van der Waals surface area contributed by atoms with E-state index in [1.807, 2.05) is 49.9 Å². The Kier molecular flexibility index (Phi) is 6.52. The van der Waals surface area contributed by atoms with Gasteiger partial charge in [0.25, 0.3) is 0 Å². The maximum atomic E-state index is 12.9. The van der Waals surface area contributed by atoms with Gasteiger partial charge in [-0.15, -0.1) is 0 Å². The number of hydrogen-bond donors (Lipinski definition) is 1. The van der Waals surface area contributed by atoms with Crippen LogP contribution in [0.4, 0.5) is 0 Å². The number of carbonyl (C=O) groups is 3. The minimum Gasteiger partial charge on any atom is -0.352 e. The zero-order valence-corrected chi connectivity index (χ0v) is 18.2. The van der Waals surface area contributed by atoms with Crippen molar-refractivity contribution in [2.45, 2.75) is 52.1 Å². The third-order valence-electron chi connectivity index (χ3n) is 5.87. The van der Waals surface area contributed by atoms with E-state index >= 15 is 0 Å². The van der Waals surface area contributed by atoms with Crippen LogP contribution in [-0.4, -0.2) is 52.7 Å². The molecule has 3 rings (SSSR count). The van der Waals surface area contributed by atoms with Crippen LogP contribution in [0.15, 0.2) is 24.3 Å². The van der Waals surface area contributed by atoms with E-state index in [-0.39, 0.29) is 41.5 Å². The summed E-state index contributed by atoms with van der Waals surface area (Å²) >= 11 is 6.14. The predicted octanol–water partition coefficient (Wildman–Crippen LogP) is 2.84. The summed E-state index contributed by atoms with van der Waals surface area (Å²) < 4.78 is 0. The molecule has 1 N–H and O–H groups in total. The van der Waals surface area contributed by atoms with Crippen LogP contribution in [0.5, 0.6) is 0 Å². The lowest BCUT2D eigenvalue weighted by atomic mass is 9.94. The molecule has 0 aliphatic carbocycles. The predicted molar refractivity (Wildman–Crippen MR) is 112 cm³/mol. The lowest BCUT2D eigenvalue weighted by molar-refractivity contribution is -0.139. The molecule has 0 aromatic heterocycles. The second kappa shape index (κ2) is 8.74. The molecule has 0 spiro atoms. The summed E-state index contributed by atoms with van der Waals surface area (Å²) in [5.74, 6) is -0.276. The van der Waals surface area contributed by atoms with Crippen molar-refractivity contribution in [2.24, 2.45) is 11.8 Å². The summed E-state index contributed by atoms with van der Waals surface area (Å²) in [7, 11) is 0. The third kappa shape index (κ3) is 5.10. The Balaban J connectivity index is 1.47. The zero-order valence-electron chi connectivity index (χ0n) is 17.4. The largest absolute Gasteiger partial charge is 0.352 e. The number of nitrogens with zero attached hydrogens (tertiary/aromatic N) is 2. The normalized spacial score (nSPS) is 20.8. The van der Waals surface area contributed by atoms with E-state index in [9.17, 15) is 14.4 Å². The number of piperidine rings is 1. The highest BCUT2D eigenvalue weighted by molar-refractivity contribution is 6.31. The molecule has 0 bridgehead atoms. The van der Waals surface area contributed by atoms with Crippen molar-refractivity contribution in [1.29, 1.82) is 0 Å². The molecule has 3 amide bonds. The molecular formula is C22H30ClN3O3. The Morgan fingerprint density at radius 1 is 1.14 bits per heavy atom. The number of amides is 3. The first-order valence-electron chi connectivity index (χ1n) is 10.3. The number of nitrogens with one attached hydrogen (secondary N) is 1. The highest BCUT2D eigenvalue weighted by Crippen LogP contribution is 2.28. The summed E-state index contributed by atoms with van der Waals surface area (Å²) in [5.41, 5.74) is 0.628. The minimum absolute atomic E-state index is 0.00645. The molecule has 1 aromatic carbocycles. The molecule has 2 fully saturated rings. The van der Waals surface area contributed by atoms with Gasteiger partial charge >= 0.3 is 0 Å². The first-order chi connectivity index (χ1) is 13.7. The first-order valence-corrected chi connectivity index (χ1v) is 10.6. The summed E-state index contributed by atoms with van der Waals surface area (Å²) in [5, 5.41) is 3.60. The smallest absolute Gasteiger partial charge is 0.227 e. The fourth-order valence-corrected chi connectivity index (χ4v) is 4.31.